The Bertz CT molecular complexity index is 1760. The maximum absolute atomic E-state index is 9.34. The highest BCUT2D eigenvalue weighted by molar-refractivity contribution is 6.31. The third-order valence-corrected chi connectivity index (χ3v) is 13.1. The number of benzene rings is 4. The number of likely N-dealkylation sites (N-methyl/N-ethyl adjacent to an activating group) is 4. The third kappa shape index (κ3) is 14.9. The van der Waals surface area contributed by atoms with Crippen LogP contribution in [-0.4, -0.2) is 110 Å². The Morgan fingerprint density at radius 3 is 1.44 bits per heavy atom. The van der Waals surface area contributed by atoms with E-state index in [4.69, 9.17) is 27.9 Å². The first-order chi connectivity index (χ1) is 27.6. The highest BCUT2D eigenvalue weighted by atomic mass is 35.5. The van der Waals surface area contributed by atoms with Crippen molar-refractivity contribution in [3.05, 3.63) is 129 Å². The normalized spacial score (nSPS) is 22.6. The van der Waals surface area contributed by atoms with E-state index in [2.05, 4.69) is 96.3 Å². The molecule has 6 nitrogen and oxygen atoms in total. The largest absolute Gasteiger partial charge is 0.508 e. The summed E-state index contributed by atoms with van der Waals surface area (Å²) in [5.41, 5.74) is 5.30. The van der Waals surface area contributed by atoms with Crippen molar-refractivity contribution in [2.24, 2.45) is 0 Å². The molecule has 0 bridgehead atoms. The summed E-state index contributed by atoms with van der Waals surface area (Å²) in [6.45, 7) is 4.94. The first-order valence-corrected chi connectivity index (χ1v) is 22.0. The molecule has 0 amide bonds. The number of aromatic hydroxyl groups is 1. The fourth-order valence-electron chi connectivity index (χ4n) is 8.79. The summed E-state index contributed by atoms with van der Waals surface area (Å²) in [5, 5.41) is 11.1. The van der Waals surface area contributed by atoms with Crippen LogP contribution in [0.5, 0.6) is 11.5 Å². The Morgan fingerprint density at radius 2 is 0.982 bits per heavy atom. The molecule has 0 spiro atoms. The van der Waals surface area contributed by atoms with Crippen molar-refractivity contribution in [1.82, 2.24) is 19.6 Å². The van der Waals surface area contributed by atoms with Crippen LogP contribution in [-0.2, 0) is 25.7 Å². The van der Waals surface area contributed by atoms with E-state index < -0.39 is 0 Å². The van der Waals surface area contributed by atoms with Gasteiger partial charge in [0, 0.05) is 34.2 Å². The van der Waals surface area contributed by atoms with Crippen LogP contribution in [0.25, 0.3) is 0 Å². The predicted octanol–water partition coefficient (Wildman–Crippen LogP) is 10.3. The van der Waals surface area contributed by atoms with Crippen molar-refractivity contribution < 1.29 is 9.84 Å². The van der Waals surface area contributed by atoms with Crippen molar-refractivity contribution in [1.29, 1.82) is 0 Å². The molecule has 4 aromatic carbocycles. The second-order valence-corrected chi connectivity index (χ2v) is 17.5. The molecule has 4 atom stereocenters. The van der Waals surface area contributed by atoms with Gasteiger partial charge in [-0.05, 0) is 196 Å². The standard InChI is InChI=1S/C13H19NO.2C12H16ClN.C12H17NO/c1-14-8-4-6-12(14)9-11-5-3-7-13(10-11)15-2;1-14-8-2-3-12(14)9-10-4-6-11(13)7-5-10;1-14-8-4-6-11(14)9-10-5-2-3-7-12(10)13;1-13-7-3-5-11(13)8-10-4-2-6-12(14)9-10/h3,5,7,10,12H,4,6,8-9H2,1-2H3;4-7,12H,2-3,8-9H2,1H3;2-3,5,7,11H,4,6,8-9H2,1H3;2,4,6,9,11,14H,3,5,7-8H2,1H3. The van der Waals surface area contributed by atoms with E-state index in [-0.39, 0.29) is 0 Å². The Kier molecular flexibility index (Phi) is 18.5. The van der Waals surface area contributed by atoms with E-state index in [0.717, 1.165) is 53.6 Å². The topological polar surface area (TPSA) is 42.4 Å². The second kappa shape index (κ2) is 23.5. The molecule has 0 radical (unpaired) electrons. The number of likely N-dealkylation sites (tertiary alicyclic amines) is 4. The molecular formula is C49H68Cl2N4O2. The molecule has 4 aromatic rings. The first kappa shape index (κ1) is 45.0. The number of phenols is 1. The summed E-state index contributed by atoms with van der Waals surface area (Å²) in [6, 6.07) is 35.2. The van der Waals surface area contributed by atoms with Gasteiger partial charge in [0.2, 0.25) is 0 Å². The smallest absolute Gasteiger partial charge is 0.119 e. The Morgan fingerprint density at radius 1 is 0.526 bits per heavy atom. The van der Waals surface area contributed by atoms with E-state index in [0.29, 0.717) is 17.8 Å². The maximum Gasteiger partial charge on any atom is 0.119 e. The van der Waals surface area contributed by atoms with Crippen LogP contribution in [0.4, 0.5) is 0 Å². The number of nitrogens with zero attached hydrogens (tertiary/aromatic N) is 4. The zero-order valence-corrected chi connectivity index (χ0v) is 36.8. The molecule has 8 rings (SSSR count). The van der Waals surface area contributed by atoms with Gasteiger partial charge in [-0.3, -0.25) is 0 Å². The van der Waals surface area contributed by atoms with Gasteiger partial charge in [-0.25, -0.2) is 0 Å². The Balaban J connectivity index is 0.000000145. The highest BCUT2D eigenvalue weighted by Gasteiger charge is 2.23. The number of phenolic OH excluding ortho intramolecular Hbond substituents is 1. The van der Waals surface area contributed by atoms with Gasteiger partial charge in [0.15, 0.2) is 0 Å². The molecule has 4 aliphatic heterocycles. The molecule has 8 heteroatoms. The van der Waals surface area contributed by atoms with E-state index in [9.17, 15) is 5.11 Å². The summed E-state index contributed by atoms with van der Waals surface area (Å²) in [7, 11) is 10.5. The molecule has 4 saturated heterocycles. The van der Waals surface area contributed by atoms with Crippen LogP contribution in [0.3, 0.4) is 0 Å². The highest BCUT2D eigenvalue weighted by Crippen LogP contribution is 2.25. The lowest BCUT2D eigenvalue weighted by Crippen LogP contribution is -2.26. The molecule has 0 aliphatic carbocycles. The number of hydrogen-bond acceptors (Lipinski definition) is 6. The predicted molar refractivity (Wildman–Crippen MR) is 241 cm³/mol. The van der Waals surface area contributed by atoms with Crippen molar-refractivity contribution in [2.75, 3.05) is 61.5 Å². The fraction of sp³-hybridized carbons (Fsp3) is 0.510. The summed E-state index contributed by atoms with van der Waals surface area (Å²) in [5.74, 6) is 1.34. The molecule has 57 heavy (non-hydrogen) atoms. The fourth-order valence-corrected chi connectivity index (χ4v) is 9.12. The minimum absolute atomic E-state index is 0.378. The molecule has 4 heterocycles. The van der Waals surface area contributed by atoms with Crippen LogP contribution < -0.4 is 4.74 Å². The van der Waals surface area contributed by atoms with Crippen molar-refractivity contribution in [3.8, 4) is 11.5 Å². The molecule has 1 N–H and O–H groups in total. The van der Waals surface area contributed by atoms with Crippen molar-refractivity contribution >= 4 is 23.2 Å². The molecule has 4 aliphatic rings. The lowest BCUT2D eigenvalue weighted by atomic mass is 10.0. The summed E-state index contributed by atoms with van der Waals surface area (Å²) in [6.07, 6.45) is 15.0. The van der Waals surface area contributed by atoms with Crippen LogP contribution >= 0.6 is 23.2 Å². The molecule has 4 unspecified atom stereocenters. The summed E-state index contributed by atoms with van der Waals surface area (Å²) in [4.78, 5) is 9.75. The van der Waals surface area contributed by atoms with Gasteiger partial charge in [0.25, 0.3) is 0 Å². The van der Waals surface area contributed by atoms with Gasteiger partial charge < -0.3 is 29.4 Å². The zero-order valence-electron chi connectivity index (χ0n) is 35.3. The lowest BCUT2D eigenvalue weighted by Gasteiger charge is -2.19. The van der Waals surface area contributed by atoms with E-state index in [1.54, 1.807) is 13.2 Å². The van der Waals surface area contributed by atoms with Gasteiger partial charge >= 0.3 is 0 Å². The minimum Gasteiger partial charge on any atom is -0.508 e. The quantitative estimate of drug-likeness (QED) is 0.182. The van der Waals surface area contributed by atoms with Gasteiger partial charge in [0.05, 0.1) is 7.11 Å². The van der Waals surface area contributed by atoms with Crippen LogP contribution in [0, 0.1) is 0 Å². The lowest BCUT2D eigenvalue weighted by molar-refractivity contribution is 0.309. The van der Waals surface area contributed by atoms with E-state index in [1.807, 2.05) is 42.5 Å². The monoisotopic (exact) mass is 814 g/mol. The average molecular weight is 816 g/mol. The number of halogens is 2. The number of rotatable bonds is 9. The number of ether oxygens (including phenoxy) is 1. The third-order valence-electron chi connectivity index (χ3n) is 12.5. The van der Waals surface area contributed by atoms with Gasteiger partial charge in [-0.15, -0.1) is 0 Å². The van der Waals surface area contributed by atoms with Crippen molar-refractivity contribution in [3.63, 3.8) is 0 Å². The zero-order chi connectivity index (χ0) is 40.6. The molecule has 4 fully saturated rings. The molecule has 310 valence electrons. The molecule has 0 aromatic heterocycles. The van der Waals surface area contributed by atoms with E-state index in [1.165, 1.54) is 99.8 Å². The minimum atomic E-state index is 0.378. The Hall–Kier alpha value is -3.10. The van der Waals surface area contributed by atoms with E-state index >= 15 is 0 Å². The average Bonchev–Trinajstić information content (AvgIpc) is 4.02. The van der Waals surface area contributed by atoms with Crippen LogP contribution in [0.2, 0.25) is 10.0 Å². The second-order valence-electron chi connectivity index (χ2n) is 16.7. The van der Waals surface area contributed by atoms with Crippen LogP contribution in [0.1, 0.15) is 73.6 Å². The number of hydrogen-bond donors (Lipinski definition) is 1. The van der Waals surface area contributed by atoms with Gasteiger partial charge in [0.1, 0.15) is 11.5 Å². The van der Waals surface area contributed by atoms with Crippen molar-refractivity contribution in [2.45, 2.75) is 101 Å². The first-order valence-electron chi connectivity index (χ1n) is 21.3. The van der Waals surface area contributed by atoms with Gasteiger partial charge in [-0.1, -0.05) is 77.8 Å². The Labute approximate surface area is 354 Å². The number of methoxy groups -OCH3 is 1. The van der Waals surface area contributed by atoms with Gasteiger partial charge in [-0.2, -0.15) is 0 Å². The maximum atomic E-state index is 9.34. The van der Waals surface area contributed by atoms with Crippen LogP contribution in [0.15, 0.2) is 97.1 Å². The SMILES string of the molecule is CN1CCCC1Cc1ccc(Cl)cc1.CN1CCCC1Cc1cccc(O)c1.CN1CCCC1Cc1ccccc1Cl.COc1cccc(CC2CCCN2C)c1. The summed E-state index contributed by atoms with van der Waals surface area (Å²) < 4.78 is 5.23. The molecule has 0 saturated carbocycles. The molecular weight excluding hydrogens is 747 g/mol. The summed E-state index contributed by atoms with van der Waals surface area (Å²) >= 11 is 12.0.